The fourth-order valence-electron chi connectivity index (χ4n) is 3.77. The van der Waals surface area contributed by atoms with Gasteiger partial charge in [0.25, 0.3) is 15.7 Å². The van der Waals surface area contributed by atoms with E-state index >= 15 is 0 Å². The summed E-state index contributed by atoms with van der Waals surface area (Å²) in [6.45, 7) is 3.99. The van der Waals surface area contributed by atoms with Crippen molar-refractivity contribution < 1.29 is 32.4 Å². The number of carboxylic acids is 1. The number of carbonyl (C=O) groups is 1. The standard InChI is InChI=1S/C22H24N4O8S/c1-24(16-2-5-20-15(12-16)13-21(34-20)22(27)28)35(31,32)17-3-4-18(19(14-17)26(29)30)23-6-7-25-8-10-33-11-9-25/h2-5,12-14,23H,6-11H2,1H3,(H,27,28). The van der Waals surface area contributed by atoms with Crippen LogP contribution in [0, 0.1) is 10.1 Å². The van der Waals surface area contributed by atoms with Gasteiger partial charge in [0.05, 0.1) is 28.7 Å². The topological polar surface area (TPSA) is 155 Å². The summed E-state index contributed by atoms with van der Waals surface area (Å²) >= 11 is 0. The third-order valence-corrected chi connectivity index (χ3v) is 7.53. The molecule has 13 heteroatoms. The van der Waals surface area contributed by atoms with Crippen molar-refractivity contribution in [3.05, 3.63) is 58.3 Å². The van der Waals surface area contributed by atoms with E-state index < -0.39 is 20.9 Å². The molecule has 0 unspecified atom stereocenters. The van der Waals surface area contributed by atoms with Crippen LogP contribution in [-0.2, 0) is 14.8 Å². The maximum Gasteiger partial charge on any atom is 0.371 e. The number of nitrogens with one attached hydrogen (secondary N) is 1. The van der Waals surface area contributed by atoms with Gasteiger partial charge in [0, 0.05) is 44.7 Å². The molecule has 12 nitrogen and oxygen atoms in total. The molecule has 0 aliphatic carbocycles. The van der Waals surface area contributed by atoms with Gasteiger partial charge in [-0.05, 0) is 36.4 Å². The van der Waals surface area contributed by atoms with Crippen LogP contribution in [-0.4, -0.2) is 75.8 Å². The molecule has 0 radical (unpaired) electrons. The minimum atomic E-state index is -4.15. The van der Waals surface area contributed by atoms with Gasteiger partial charge in [0.1, 0.15) is 11.3 Å². The van der Waals surface area contributed by atoms with Crippen LogP contribution in [0.2, 0.25) is 0 Å². The normalized spacial score (nSPS) is 14.7. The minimum absolute atomic E-state index is 0.228. The maximum absolute atomic E-state index is 13.2. The van der Waals surface area contributed by atoms with Crippen LogP contribution in [0.3, 0.4) is 0 Å². The van der Waals surface area contributed by atoms with Gasteiger partial charge in [-0.2, -0.15) is 0 Å². The van der Waals surface area contributed by atoms with Crippen molar-refractivity contribution in [1.82, 2.24) is 4.90 Å². The van der Waals surface area contributed by atoms with E-state index in [1.807, 2.05) is 0 Å². The molecular weight excluding hydrogens is 480 g/mol. The Morgan fingerprint density at radius 3 is 2.63 bits per heavy atom. The van der Waals surface area contributed by atoms with E-state index in [4.69, 9.17) is 14.3 Å². The summed E-state index contributed by atoms with van der Waals surface area (Å²) in [6.07, 6.45) is 0. The van der Waals surface area contributed by atoms with Crippen molar-refractivity contribution in [2.24, 2.45) is 0 Å². The predicted molar refractivity (Wildman–Crippen MR) is 128 cm³/mol. The molecule has 0 spiro atoms. The highest BCUT2D eigenvalue weighted by Crippen LogP contribution is 2.32. The van der Waals surface area contributed by atoms with Crippen molar-refractivity contribution in [3.8, 4) is 0 Å². The highest BCUT2D eigenvalue weighted by Gasteiger charge is 2.26. The van der Waals surface area contributed by atoms with E-state index in [1.54, 1.807) is 0 Å². The number of benzene rings is 2. The Labute approximate surface area is 200 Å². The van der Waals surface area contributed by atoms with Gasteiger partial charge in [-0.15, -0.1) is 0 Å². The van der Waals surface area contributed by atoms with E-state index in [-0.39, 0.29) is 27.7 Å². The smallest absolute Gasteiger partial charge is 0.371 e. The molecule has 1 aliphatic heterocycles. The van der Waals surface area contributed by atoms with Gasteiger partial charge in [-0.3, -0.25) is 19.3 Å². The predicted octanol–water partition coefficient (Wildman–Crippen LogP) is 2.61. The lowest BCUT2D eigenvalue weighted by Crippen LogP contribution is -2.39. The molecule has 0 amide bonds. The summed E-state index contributed by atoms with van der Waals surface area (Å²) < 4.78 is 38.0. The number of nitro benzene ring substituents is 1. The van der Waals surface area contributed by atoms with Crippen LogP contribution in [0.15, 0.2) is 51.8 Å². The number of rotatable bonds is 9. The Kier molecular flexibility index (Phi) is 6.91. The Balaban J connectivity index is 1.55. The van der Waals surface area contributed by atoms with Crippen molar-refractivity contribution in [2.45, 2.75) is 4.90 Å². The zero-order chi connectivity index (χ0) is 25.2. The summed E-state index contributed by atoms with van der Waals surface area (Å²) in [7, 11) is -2.83. The lowest BCUT2D eigenvalue weighted by Gasteiger charge is -2.26. The number of sulfonamides is 1. The van der Waals surface area contributed by atoms with Crippen LogP contribution in [0.1, 0.15) is 10.6 Å². The highest BCUT2D eigenvalue weighted by atomic mass is 32.2. The van der Waals surface area contributed by atoms with Crippen LogP contribution < -0.4 is 9.62 Å². The van der Waals surface area contributed by atoms with Crippen molar-refractivity contribution >= 4 is 44.0 Å². The van der Waals surface area contributed by atoms with Gasteiger partial charge >= 0.3 is 5.97 Å². The molecule has 2 heterocycles. The Hall–Kier alpha value is -3.68. The number of ether oxygens (including phenoxy) is 1. The van der Waals surface area contributed by atoms with Gasteiger partial charge in [0.2, 0.25) is 5.76 Å². The molecule has 0 saturated carbocycles. The molecular formula is C22H24N4O8S. The van der Waals surface area contributed by atoms with Crippen LogP contribution >= 0.6 is 0 Å². The van der Waals surface area contributed by atoms with E-state index in [0.717, 1.165) is 23.5 Å². The number of fused-ring (bicyclic) bond motifs is 1. The molecule has 3 aromatic rings. The van der Waals surface area contributed by atoms with Crippen molar-refractivity contribution in [3.63, 3.8) is 0 Å². The molecule has 35 heavy (non-hydrogen) atoms. The second-order valence-electron chi connectivity index (χ2n) is 7.93. The maximum atomic E-state index is 13.2. The lowest BCUT2D eigenvalue weighted by atomic mass is 10.2. The average Bonchev–Trinajstić information content (AvgIpc) is 3.28. The minimum Gasteiger partial charge on any atom is -0.475 e. The molecule has 1 fully saturated rings. The molecule has 2 aromatic carbocycles. The number of nitrogens with zero attached hydrogens (tertiary/aromatic N) is 3. The van der Waals surface area contributed by atoms with Gasteiger partial charge in [-0.25, -0.2) is 13.2 Å². The number of anilines is 2. The number of aromatic carboxylic acids is 1. The number of morpholine rings is 1. The first-order valence-corrected chi connectivity index (χ1v) is 12.2. The Morgan fingerprint density at radius 2 is 1.94 bits per heavy atom. The van der Waals surface area contributed by atoms with Crippen LogP contribution in [0.25, 0.3) is 11.0 Å². The molecule has 186 valence electrons. The number of nitro groups is 1. The molecule has 0 bridgehead atoms. The third kappa shape index (κ3) is 5.21. The summed E-state index contributed by atoms with van der Waals surface area (Å²) in [5, 5.41) is 24.2. The second-order valence-corrected chi connectivity index (χ2v) is 9.90. The monoisotopic (exact) mass is 504 g/mol. The fourth-order valence-corrected chi connectivity index (χ4v) is 4.98. The number of hydrogen-bond acceptors (Lipinski definition) is 9. The average molecular weight is 505 g/mol. The zero-order valence-electron chi connectivity index (χ0n) is 18.8. The summed E-state index contributed by atoms with van der Waals surface area (Å²) in [6, 6.07) is 9.42. The number of carboxylic acid groups (broad SMARTS) is 1. The van der Waals surface area contributed by atoms with E-state index in [2.05, 4.69) is 10.2 Å². The molecule has 1 saturated heterocycles. The van der Waals surface area contributed by atoms with Gasteiger partial charge in [-0.1, -0.05) is 0 Å². The molecule has 4 rings (SSSR count). The SMILES string of the molecule is CN(c1ccc2oc(C(=O)O)cc2c1)S(=O)(=O)c1ccc(NCCN2CCOCC2)c([N+](=O)[O-])c1. The largest absolute Gasteiger partial charge is 0.475 e. The molecule has 1 aromatic heterocycles. The van der Waals surface area contributed by atoms with E-state index in [0.29, 0.717) is 37.3 Å². The fraction of sp³-hybridized carbons (Fsp3) is 0.318. The third-order valence-electron chi connectivity index (χ3n) is 5.75. The summed E-state index contributed by atoms with van der Waals surface area (Å²) in [5.74, 6) is -1.51. The van der Waals surface area contributed by atoms with E-state index in [1.165, 1.54) is 43.4 Å². The first kappa shape index (κ1) is 24.4. The van der Waals surface area contributed by atoms with Crippen molar-refractivity contribution in [1.29, 1.82) is 0 Å². The van der Waals surface area contributed by atoms with E-state index in [9.17, 15) is 23.3 Å². The number of hydrogen-bond donors (Lipinski definition) is 2. The Morgan fingerprint density at radius 1 is 1.20 bits per heavy atom. The summed E-state index contributed by atoms with van der Waals surface area (Å²) in [4.78, 5) is 24.1. The Bertz CT molecular complexity index is 1370. The first-order chi connectivity index (χ1) is 16.7. The molecule has 0 atom stereocenters. The second kappa shape index (κ2) is 9.90. The van der Waals surface area contributed by atoms with Crippen molar-refractivity contribution in [2.75, 3.05) is 56.1 Å². The quantitative estimate of drug-likeness (QED) is 0.328. The number of furan rings is 1. The highest BCUT2D eigenvalue weighted by molar-refractivity contribution is 7.92. The van der Waals surface area contributed by atoms with Gasteiger partial charge < -0.3 is 19.6 Å². The molecule has 1 aliphatic rings. The van der Waals surface area contributed by atoms with Crippen LogP contribution in [0.4, 0.5) is 17.1 Å². The van der Waals surface area contributed by atoms with Gasteiger partial charge in [0.15, 0.2) is 0 Å². The van der Waals surface area contributed by atoms with Crippen LogP contribution in [0.5, 0.6) is 0 Å². The first-order valence-electron chi connectivity index (χ1n) is 10.7. The summed E-state index contributed by atoms with van der Waals surface area (Å²) in [5.41, 5.74) is 0.411. The zero-order valence-corrected chi connectivity index (χ0v) is 19.7. The molecule has 2 N–H and O–H groups in total. The lowest BCUT2D eigenvalue weighted by molar-refractivity contribution is -0.384.